The summed E-state index contributed by atoms with van der Waals surface area (Å²) in [5.74, 6) is 0.748. The lowest BCUT2D eigenvalue weighted by atomic mass is 10.0. The first-order chi connectivity index (χ1) is 9.44. The fraction of sp³-hybridized carbons (Fsp3) is 0.538. The second kappa shape index (κ2) is 4.34. The van der Waals surface area contributed by atoms with Crippen molar-refractivity contribution >= 4 is 9.84 Å². The molecule has 1 saturated carbocycles. The number of hydrogen-bond acceptors (Lipinski definition) is 6. The molecule has 7 heteroatoms. The molecule has 2 atom stereocenters. The molecule has 1 aliphatic heterocycles. The number of fused-ring (bicyclic) bond motifs is 1. The minimum absolute atomic E-state index is 0.143. The molecule has 0 amide bonds. The monoisotopic (exact) mass is 300 g/mol. The van der Waals surface area contributed by atoms with Gasteiger partial charge in [-0.1, -0.05) is 6.07 Å². The van der Waals surface area contributed by atoms with Gasteiger partial charge in [0.05, 0.1) is 18.5 Å². The van der Waals surface area contributed by atoms with E-state index < -0.39 is 26.4 Å². The highest BCUT2D eigenvalue weighted by atomic mass is 32.2. The summed E-state index contributed by atoms with van der Waals surface area (Å²) in [6, 6.07) is 5.19. The number of aliphatic hydroxyl groups is 2. The third-order valence-corrected chi connectivity index (χ3v) is 5.85. The Bertz CT molecular complexity index is 634. The van der Waals surface area contributed by atoms with Crippen LogP contribution in [0.1, 0.15) is 11.5 Å². The zero-order valence-corrected chi connectivity index (χ0v) is 11.8. The average molecular weight is 300 g/mol. The number of ether oxygens (including phenoxy) is 2. The topological polar surface area (TPSA) is 93.1 Å². The van der Waals surface area contributed by atoms with Crippen LogP contribution in [0.2, 0.25) is 0 Å². The zero-order chi connectivity index (χ0) is 14.5. The number of benzene rings is 1. The van der Waals surface area contributed by atoms with Crippen molar-refractivity contribution in [1.82, 2.24) is 0 Å². The van der Waals surface area contributed by atoms with Crippen molar-refractivity contribution in [2.24, 2.45) is 5.41 Å². The Morgan fingerprint density at radius 1 is 1.25 bits per heavy atom. The summed E-state index contributed by atoms with van der Waals surface area (Å²) in [5, 5.41) is 18.3. The van der Waals surface area contributed by atoms with Crippen molar-refractivity contribution in [3.63, 3.8) is 0 Å². The smallest absolute Gasteiger partial charge is 0.231 e. The Morgan fingerprint density at radius 3 is 2.45 bits per heavy atom. The van der Waals surface area contributed by atoms with Crippen molar-refractivity contribution in [3.8, 4) is 11.5 Å². The first-order valence-corrected chi connectivity index (χ1v) is 8.19. The molecule has 20 heavy (non-hydrogen) atoms. The zero-order valence-electron chi connectivity index (χ0n) is 10.9. The van der Waals surface area contributed by atoms with Gasteiger partial charge in [-0.3, -0.25) is 0 Å². The van der Waals surface area contributed by atoms with Crippen molar-refractivity contribution in [1.29, 1.82) is 0 Å². The van der Waals surface area contributed by atoms with Crippen LogP contribution >= 0.6 is 0 Å². The maximum atomic E-state index is 11.9. The largest absolute Gasteiger partial charge is 0.454 e. The van der Waals surface area contributed by atoms with Crippen LogP contribution in [0.25, 0.3) is 0 Å². The maximum absolute atomic E-state index is 11.9. The lowest BCUT2D eigenvalue weighted by molar-refractivity contribution is 0.130. The molecular weight excluding hydrogens is 284 g/mol. The van der Waals surface area contributed by atoms with Crippen LogP contribution in [-0.4, -0.2) is 50.1 Å². The van der Waals surface area contributed by atoms with E-state index >= 15 is 0 Å². The van der Waals surface area contributed by atoms with Crippen LogP contribution in [0.3, 0.4) is 0 Å². The first kappa shape index (κ1) is 13.7. The molecule has 0 spiro atoms. The molecule has 0 bridgehead atoms. The molecule has 2 N–H and O–H groups in total. The van der Waals surface area contributed by atoms with Crippen molar-refractivity contribution < 1.29 is 28.1 Å². The summed E-state index contributed by atoms with van der Waals surface area (Å²) in [5.41, 5.74) is -0.283. The van der Waals surface area contributed by atoms with Crippen molar-refractivity contribution in [3.05, 3.63) is 23.8 Å². The van der Waals surface area contributed by atoms with Gasteiger partial charge in [0.1, 0.15) is 0 Å². The fourth-order valence-corrected chi connectivity index (χ4v) is 5.16. The molecule has 1 aromatic rings. The predicted molar refractivity (Wildman–Crippen MR) is 70.5 cm³/mol. The standard InChI is InChI=1S/C13H16O6S/c1-20(16,17)12-11(13(12,5-14)6-15)8-2-3-9-10(4-8)19-7-18-9/h2-4,11-12,14-15H,5-7H2,1H3/t11-,12-/m0/s1. The summed E-state index contributed by atoms with van der Waals surface area (Å²) in [6.45, 7) is -0.606. The van der Waals surface area contributed by atoms with E-state index in [-0.39, 0.29) is 20.0 Å². The summed E-state index contributed by atoms with van der Waals surface area (Å²) < 4.78 is 34.2. The Balaban J connectivity index is 2.01. The molecule has 3 rings (SSSR count). The van der Waals surface area contributed by atoms with Gasteiger partial charge in [-0.05, 0) is 17.7 Å². The minimum Gasteiger partial charge on any atom is -0.454 e. The molecule has 0 saturated heterocycles. The Labute approximate surface area is 116 Å². The third kappa shape index (κ3) is 1.81. The molecule has 1 heterocycles. The quantitative estimate of drug-likeness (QED) is 0.806. The highest BCUT2D eigenvalue weighted by Gasteiger charge is 2.69. The van der Waals surface area contributed by atoms with E-state index in [1.54, 1.807) is 18.2 Å². The normalized spacial score (nSPS) is 26.6. The van der Waals surface area contributed by atoms with Gasteiger partial charge in [0.2, 0.25) is 6.79 Å². The van der Waals surface area contributed by atoms with Gasteiger partial charge in [-0.15, -0.1) is 0 Å². The van der Waals surface area contributed by atoms with E-state index in [0.29, 0.717) is 11.5 Å². The van der Waals surface area contributed by atoms with Gasteiger partial charge in [-0.25, -0.2) is 8.42 Å². The Hall–Kier alpha value is -1.31. The van der Waals surface area contributed by atoms with Gasteiger partial charge in [-0.2, -0.15) is 0 Å². The van der Waals surface area contributed by atoms with Crippen molar-refractivity contribution in [2.45, 2.75) is 11.2 Å². The molecule has 6 nitrogen and oxygen atoms in total. The van der Waals surface area contributed by atoms with Crippen LogP contribution in [-0.2, 0) is 9.84 Å². The highest BCUT2D eigenvalue weighted by Crippen LogP contribution is 2.62. The van der Waals surface area contributed by atoms with Gasteiger partial charge < -0.3 is 19.7 Å². The van der Waals surface area contributed by atoms with Crippen LogP contribution < -0.4 is 9.47 Å². The number of hydrogen-bond donors (Lipinski definition) is 2. The van der Waals surface area contributed by atoms with Gasteiger partial charge in [0.15, 0.2) is 21.3 Å². The van der Waals surface area contributed by atoms with Gasteiger partial charge in [0.25, 0.3) is 0 Å². The summed E-state index contributed by atoms with van der Waals surface area (Å²) in [7, 11) is -3.36. The SMILES string of the molecule is CS(=O)(=O)[C@H]1[C@H](c2ccc3c(c2)OCO3)C1(CO)CO. The average Bonchev–Trinajstić information content (AvgIpc) is 2.89. The predicted octanol–water partition coefficient (Wildman–Crippen LogP) is -0.103. The molecule has 1 aliphatic carbocycles. The van der Waals surface area contributed by atoms with Gasteiger partial charge >= 0.3 is 0 Å². The van der Waals surface area contributed by atoms with Crippen LogP contribution in [0.5, 0.6) is 11.5 Å². The lowest BCUT2D eigenvalue weighted by Gasteiger charge is -2.10. The molecule has 0 unspecified atom stereocenters. The number of sulfone groups is 1. The number of rotatable bonds is 4. The Morgan fingerprint density at radius 2 is 1.90 bits per heavy atom. The lowest BCUT2D eigenvalue weighted by Crippen LogP contribution is -2.22. The highest BCUT2D eigenvalue weighted by molar-refractivity contribution is 7.91. The van der Waals surface area contributed by atoms with Crippen LogP contribution in [0.15, 0.2) is 18.2 Å². The Kier molecular flexibility index (Phi) is 2.97. The summed E-state index contributed by atoms with van der Waals surface area (Å²) >= 11 is 0. The van der Waals surface area contributed by atoms with Crippen LogP contribution in [0.4, 0.5) is 0 Å². The summed E-state index contributed by atoms with van der Waals surface area (Å²) in [6.07, 6.45) is 1.13. The van der Waals surface area contributed by atoms with Crippen LogP contribution in [0, 0.1) is 5.41 Å². The van der Waals surface area contributed by atoms with Crippen molar-refractivity contribution in [2.75, 3.05) is 26.3 Å². The second-order valence-corrected chi connectivity index (χ2v) is 7.56. The van der Waals surface area contributed by atoms with Gasteiger partial charge in [0, 0.05) is 17.6 Å². The molecule has 1 fully saturated rings. The molecule has 110 valence electrons. The van der Waals surface area contributed by atoms with E-state index in [2.05, 4.69) is 0 Å². The molecule has 0 radical (unpaired) electrons. The van der Waals surface area contributed by atoms with E-state index in [9.17, 15) is 18.6 Å². The number of aliphatic hydroxyl groups excluding tert-OH is 2. The molecule has 2 aliphatic rings. The maximum Gasteiger partial charge on any atom is 0.231 e. The third-order valence-electron chi connectivity index (χ3n) is 4.19. The molecule has 1 aromatic carbocycles. The van der Waals surface area contributed by atoms with E-state index in [0.717, 1.165) is 11.8 Å². The minimum atomic E-state index is -3.36. The summed E-state index contributed by atoms with van der Waals surface area (Å²) in [4.78, 5) is 0. The van der Waals surface area contributed by atoms with E-state index in [1.165, 1.54) is 0 Å². The molecule has 0 aromatic heterocycles. The second-order valence-electron chi connectivity index (χ2n) is 5.39. The molecular formula is C13H16O6S. The van der Waals surface area contributed by atoms with E-state index in [4.69, 9.17) is 9.47 Å². The van der Waals surface area contributed by atoms with E-state index in [1.807, 2.05) is 0 Å². The first-order valence-electron chi connectivity index (χ1n) is 6.24. The fourth-order valence-electron chi connectivity index (χ4n) is 3.17.